The lowest BCUT2D eigenvalue weighted by atomic mass is 10.2. The number of halogens is 3. The number of ether oxygens (including phenoxy) is 3. The molecule has 0 atom stereocenters. The zero-order chi connectivity index (χ0) is 23.1. The molecule has 0 fully saturated rings. The van der Waals surface area contributed by atoms with E-state index in [0.717, 1.165) is 6.21 Å². The normalized spacial score (nSPS) is 10.9. The van der Waals surface area contributed by atoms with Crippen LogP contribution in [0.25, 0.3) is 11.3 Å². The highest BCUT2D eigenvalue weighted by Crippen LogP contribution is 2.29. The number of pyridine rings is 2. The Morgan fingerprint density at radius 2 is 1.97 bits per heavy atom. The third-order valence-corrected chi connectivity index (χ3v) is 3.83. The number of alkyl halides is 2. The third-order valence-electron chi connectivity index (χ3n) is 3.83. The molecule has 0 aliphatic carbocycles. The molecule has 0 aliphatic heterocycles. The number of carbonyl (C=O) groups excluding carboxylic acids is 1. The van der Waals surface area contributed by atoms with E-state index < -0.39 is 18.5 Å². The zero-order valence-corrected chi connectivity index (χ0v) is 16.6. The first-order valence-corrected chi connectivity index (χ1v) is 8.76. The molecule has 166 valence electrons. The first-order chi connectivity index (χ1) is 15.4. The predicted molar refractivity (Wildman–Crippen MR) is 104 cm³/mol. The number of amides is 1. The highest BCUT2D eigenvalue weighted by atomic mass is 19.3. The van der Waals surface area contributed by atoms with Crippen LogP contribution in [-0.4, -0.2) is 52.9 Å². The van der Waals surface area contributed by atoms with Gasteiger partial charge in [-0.05, 0) is 12.1 Å². The van der Waals surface area contributed by atoms with Crippen molar-refractivity contribution in [2.24, 2.45) is 5.10 Å². The molecule has 3 rings (SSSR count). The largest absolute Gasteiger partial charge is 0.495 e. The second kappa shape index (κ2) is 10.1. The molecule has 13 heteroatoms. The molecule has 3 aromatic rings. The smallest absolute Gasteiger partial charge is 0.388 e. The second-order valence-electron chi connectivity index (χ2n) is 5.83. The van der Waals surface area contributed by atoms with Crippen LogP contribution >= 0.6 is 0 Å². The number of aromatic nitrogens is 4. The van der Waals surface area contributed by atoms with Crippen LogP contribution in [0.1, 0.15) is 16.1 Å². The number of rotatable bonds is 8. The lowest BCUT2D eigenvalue weighted by Crippen LogP contribution is -2.19. The fourth-order valence-corrected chi connectivity index (χ4v) is 2.40. The number of nitrogens with one attached hydrogen (secondary N) is 1. The van der Waals surface area contributed by atoms with Crippen molar-refractivity contribution >= 4 is 12.1 Å². The van der Waals surface area contributed by atoms with Gasteiger partial charge in [0, 0.05) is 6.07 Å². The van der Waals surface area contributed by atoms with E-state index in [4.69, 9.17) is 9.47 Å². The molecule has 0 unspecified atom stereocenters. The Balaban J connectivity index is 1.78. The Morgan fingerprint density at radius 3 is 2.69 bits per heavy atom. The Morgan fingerprint density at radius 1 is 1.16 bits per heavy atom. The fourth-order valence-electron chi connectivity index (χ4n) is 2.40. The van der Waals surface area contributed by atoms with Crippen LogP contribution < -0.4 is 19.6 Å². The SMILES string of the molecule is COc1cnc(F)c(/C=N/NC(=O)c2cncc(-c3ccc(OC(F)F)nc3OC)n2)c1. The van der Waals surface area contributed by atoms with Gasteiger partial charge in [0.15, 0.2) is 0 Å². The minimum absolute atomic E-state index is 0.00796. The van der Waals surface area contributed by atoms with Crippen LogP contribution in [0.4, 0.5) is 13.2 Å². The first kappa shape index (κ1) is 22.4. The van der Waals surface area contributed by atoms with E-state index in [1.54, 1.807) is 0 Å². The highest BCUT2D eigenvalue weighted by Gasteiger charge is 2.16. The van der Waals surface area contributed by atoms with Gasteiger partial charge in [0.1, 0.15) is 11.4 Å². The second-order valence-corrected chi connectivity index (χ2v) is 5.83. The van der Waals surface area contributed by atoms with Crippen LogP contribution in [-0.2, 0) is 0 Å². The Bertz CT molecular complexity index is 1150. The van der Waals surface area contributed by atoms with Gasteiger partial charge in [0.05, 0.1) is 55.8 Å². The standard InChI is InChI=1S/C19H15F3N6O4/c1-30-11-5-10(16(20)24-7-11)6-25-28-17(29)14-9-23-8-13(26-14)12-3-4-15(32-19(21)22)27-18(12)31-2/h3-9,19H,1-2H3,(H,28,29)/b25-6+. The van der Waals surface area contributed by atoms with Crippen molar-refractivity contribution in [3.05, 3.63) is 54.0 Å². The molecule has 32 heavy (non-hydrogen) atoms. The molecule has 3 heterocycles. The maximum absolute atomic E-state index is 13.7. The van der Waals surface area contributed by atoms with E-state index >= 15 is 0 Å². The summed E-state index contributed by atoms with van der Waals surface area (Å²) in [5.74, 6) is -1.64. The molecule has 0 radical (unpaired) electrons. The maximum atomic E-state index is 13.7. The summed E-state index contributed by atoms with van der Waals surface area (Å²) in [6, 6.07) is 3.92. The van der Waals surface area contributed by atoms with E-state index in [1.807, 2.05) is 0 Å². The molecular weight excluding hydrogens is 433 g/mol. The molecule has 0 saturated carbocycles. The first-order valence-electron chi connectivity index (χ1n) is 8.76. The summed E-state index contributed by atoms with van der Waals surface area (Å²) in [4.78, 5) is 27.8. The van der Waals surface area contributed by atoms with Gasteiger partial charge in [-0.2, -0.15) is 23.3 Å². The monoisotopic (exact) mass is 448 g/mol. The van der Waals surface area contributed by atoms with Crippen LogP contribution in [0.15, 0.2) is 41.9 Å². The number of hydrogen-bond acceptors (Lipinski definition) is 9. The van der Waals surface area contributed by atoms with Crippen molar-refractivity contribution in [2.75, 3.05) is 14.2 Å². The van der Waals surface area contributed by atoms with E-state index in [1.165, 1.54) is 51.0 Å². The van der Waals surface area contributed by atoms with Gasteiger partial charge >= 0.3 is 6.61 Å². The minimum Gasteiger partial charge on any atom is -0.495 e. The number of hydrazone groups is 1. The van der Waals surface area contributed by atoms with Crippen LogP contribution in [0.3, 0.4) is 0 Å². The van der Waals surface area contributed by atoms with Crippen LogP contribution in [0, 0.1) is 5.95 Å². The molecule has 0 aromatic carbocycles. The Hall–Kier alpha value is -4.29. The van der Waals surface area contributed by atoms with Gasteiger partial charge in [0.25, 0.3) is 5.91 Å². The molecule has 3 aromatic heterocycles. The third kappa shape index (κ3) is 5.44. The topological polar surface area (TPSA) is 121 Å². The maximum Gasteiger partial charge on any atom is 0.388 e. The summed E-state index contributed by atoms with van der Waals surface area (Å²) in [6.07, 6.45) is 4.75. The summed E-state index contributed by atoms with van der Waals surface area (Å²) in [5.41, 5.74) is 2.52. The molecule has 0 bridgehead atoms. The average molecular weight is 448 g/mol. The van der Waals surface area contributed by atoms with E-state index in [2.05, 4.69) is 35.2 Å². The summed E-state index contributed by atoms with van der Waals surface area (Å²) >= 11 is 0. The summed E-state index contributed by atoms with van der Waals surface area (Å²) in [5, 5.41) is 3.68. The summed E-state index contributed by atoms with van der Waals surface area (Å²) in [6.45, 7) is -3.05. The molecule has 0 spiro atoms. The van der Waals surface area contributed by atoms with Crippen molar-refractivity contribution in [3.63, 3.8) is 0 Å². The highest BCUT2D eigenvalue weighted by molar-refractivity contribution is 5.93. The van der Waals surface area contributed by atoms with Crippen LogP contribution in [0.5, 0.6) is 17.5 Å². The van der Waals surface area contributed by atoms with Crippen molar-refractivity contribution < 1.29 is 32.2 Å². The van der Waals surface area contributed by atoms with Crippen molar-refractivity contribution in [3.8, 4) is 28.8 Å². The number of nitrogens with zero attached hydrogens (tertiary/aromatic N) is 5. The zero-order valence-electron chi connectivity index (χ0n) is 16.6. The van der Waals surface area contributed by atoms with E-state index in [0.29, 0.717) is 5.75 Å². The van der Waals surface area contributed by atoms with E-state index in [-0.39, 0.29) is 34.3 Å². The molecule has 10 nitrogen and oxygen atoms in total. The number of carbonyl (C=O) groups is 1. The number of hydrogen-bond donors (Lipinski definition) is 1. The van der Waals surface area contributed by atoms with Gasteiger partial charge < -0.3 is 14.2 Å². The van der Waals surface area contributed by atoms with E-state index in [9.17, 15) is 18.0 Å². The van der Waals surface area contributed by atoms with Gasteiger partial charge in [0.2, 0.25) is 17.7 Å². The fraction of sp³-hybridized carbons (Fsp3) is 0.158. The molecule has 1 amide bonds. The number of methoxy groups -OCH3 is 2. The van der Waals surface area contributed by atoms with Gasteiger partial charge in [-0.3, -0.25) is 9.78 Å². The lowest BCUT2D eigenvalue weighted by molar-refractivity contribution is -0.0530. The summed E-state index contributed by atoms with van der Waals surface area (Å²) in [7, 11) is 2.68. The van der Waals surface area contributed by atoms with Crippen LogP contribution in [0.2, 0.25) is 0 Å². The van der Waals surface area contributed by atoms with Gasteiger partial charge in [-0.25, -0.2) is 15.4 Å². The molecule has 1 N–H and O–H groups in total. The molecular formula is C19H15F3N6O4. The lowest BCUT2D eigenvalue weighted by Gasteiger charge is -2.10. The van der Waals surface area contributed by atoms with Crippen molar-refractivity contribution in [2.45, 2.75) is 6.61 Å². The average Bonchev–Trinajstić information content (AvgIpc) is 2.79. The Kier molecular flexibility index (Phi) is 7.10. The summed E-state index contributed by atoms with van der Waals surface area (Å²) < 4.78 is 52.7. The molecule has 0 saturated heterocycles. The van der Waals surface area contributed by atoms with Gasteiger partial charge in [-0.1, -0.05) is 0 Å². The predicted octanol–water partition coefficient (Wildman–Crippen LogP) is 2.46. The Labute approximate surface area is 179 Å². The molecule has 0 aliphatic rings. The minimum atomic E-state index is -3.05. The van der Waals surface area contributed by atoms with Gasteiger partial charge in [-0.15, -0.1) is 0 Å². The quantitative estimate of drug-likeness (QED) is 0.317. The van der Waals surface area contributed by atoms with Crippen molar-refractivity contribution in [1.29, 1.82) is 0 Å². The van der Waals surface area contributed by atoms with Crippen molar-refractivity contribution in [1.82, 2.24) is 25.4 Å².